The van der Waals surface area contributed by atoms with Crippen molar-refractivity contribution in [3.63, 3.8) is 0 Å². The van der Waals surface area contributed by atoms with Crippen LogP contribution in [-0.2, 0) is 19.1 Å². The number of benzene rings is 2. The summed E-state index contributed by atoms with van der Waals surface area (Å²) >= 11 is 0. The Labute approximate surface area is 210 Å². The van der Waals surface area contributed by atoms with E-state index in [1.165, 1.54) is 12.0 Å². The van der Waals surface area contributed by atoms with Crippen molar-refractivity contribution < 1.29 is 28.6 Å². The molecular weight excluding hydrogens is 460 g/mol. The van der Waals surface area contributed by atoms with Crippen LogP contribution in [0.2, 0.25) is 0 Å². The molecule has 0 aromatic heterocycles. The molecule has 2 aromatic rings. The minimum Gasteiger partial charge on any atom is -0.497 e. The number of esters is 2. The van der Waals surface area contributed by atoms with E-state index in [-0.39, 0.29) is 12.5 Å². The quantitative estimate of drug-likeness (QED) is 0.412. The van der Waals surface area contributed by atoms with Crippen molar-refractivity contribution in [1.82, 2.24) is 4.90 Å². The first kappa shape index (κ1) is 26.4. The maximum atomic E-state index is 13.8. The van der Waals surface area contributed by atoms with E-state index in [4.69, 9.17) is 14.2 Å². The summed E-state index contributed by atoms with van der Waals surface area (Å²) in [4.78, 5) is 44.5. The Morgan fingerprint density at radius 1 is 0.972 bits per heavy atom. The third-order valence-corrected chi connectivity index (χ3v) is 5.80. The Hall–Kier alpha value is -4.20. The second-order valence-electron chi connectivity index (χ2n) is 8.17. The summed E-state index contributed by atoms with van der Waals surface area (Å²) in [5.74, 6) is -0.161. The van der Waals surface area contributed by atoms with E-state index in [0.717, 1.165) is 11.1 Å². The average molecular weight is 491 g/mol. The number of hydrogen-bond donors (Lipinski definition) is 0. The first-order valence-electron chi connectivity index (χ1n) is 11.5. The van der Waals surface area contributed by atoms with E-state index in [2.05, 4.69) is 4.99 Å². The normalized spacial score (nSPS) is 15.8. The third kappa shape index (κ3) is 5.54. The lowest BCUT2D eigenvalue weighted by Gasteiger charge is -2.36. The maximum Gasteiger partial charge on any atom is 0.338 e. The van der Waals surface area contributed by atoms with Crippen LogP contribution in [0.1, 0.15) is 55.2 Å². The molecule has 1 aliphatic rings. The zero-order chi connectivity index (χ0) is 26.4. The molecule has 1 atom stereocenters. The first-order chi connectivity index (χ1) is 17.2. The van der Waals surface area contributed by atoms with Gasteiger partial charge >= 0.3 is 11.9 Å². The van der Waals surface area contributed by atoms with Crippen LogP contribution < -0.4 is 4.74 Å². The van der Waals surface area contributed by atoms with Crippen LogP contribution in [0.4, 0.5) is 0 Å². The minimum absolute atomic E-state index is 0.197. The molecule has 1 aliphatic heterocycles. The summed E-state index contributed by atoms with van der Waals surface area (Å²) < 4.78 is 15.3. The number of rotatable bonds is 7. The van der Waals surface area contributed by atoms with Gasteiger partial charge in [0.2, 0.25) is 0 Å². The largest absolute Gasteiger partial charge is 0.497 e. The highest BCUT2D eigenvalue weighted by atomic mass is 16.5. The lowest BCUT2D eigenvalue weighted by molar-refractivity contribution is -0.139. The molecule has 1 amide bonds. The molecule has 8 heteroatoms. The molecule has 0 fully saturated rings. The van der Waals surface area contributed by atoms with E-state index in [0.29, 0.717) is 34.0 Å². The molecule has 0 saturated carbocycles. The van der Waals surface area contributed by atoms with Gasteiger partial charge in [-0.2, -0.15) is 0 Å². The molecular formula is C28H30N2O6. The second-order valence-corrected chi connectivity index (χ2v) is 8.17. The number of ether oxygens (including phenoxy) is 3. The molecule has 2 aromatic carbocycles. The number of allylic oxidation sites excluding steroid dienone is 1. The van der Waals surface area contributed by atoms with Gasteiger partial charge in [0.1, 0.15) is 11.6 Å². The summed E-state index contributed by atoms with van der Waals surface area (Å²) in [6, 6.07) is 13.2. The van der Waals surface area contributed by atoms with Crippen LogP contribution in [-0.4, -0.2) is 49.4 Å². The fraction of sp³-hybridized carbons (Fsp3) is 0.286. The van der Waals surface area contributed by atoms with Crippen molar-refractivity contribution in [1.29, 1.82) is 0 Å². The number of amidine groups is 1. The fourth-order valence-electron chi connectivity index (χ4n) is 4.04. The van der Waals surface area contributed by atoms with Gasteiger partial charge in [0.05, 0.1) is 43.7 Å². The molecule has 36 heavy (non-hydrogen) atoms. The monoisotopic (exact) mass is 490 g/mol. The molecule has 0 N–H and O–H groups in total. The molecule has 1 unspecified atom stereocenters. The Kier molecular flexibility index (Phi) is 8.42. The lowest BCUT2D eigenvalue weighted by atomic mass is 9.93. The van der Waals surface area contributed by atoms with E-state index in [1.54, 1.807) is 77.3 Å². The third-order valence-electron chi connectivity index (χ3n) is 5.80. The molecule has 0 aliphatic carbocycles. The summed E-state index contributed by atoms with van der Waals surface area (Å²) in [6.45, 7) is 7.10. The Bertz CT molecular complexity index is 1240. The van der Waals surface area contributed by atoms with E-state index in [9.17, 15) is 14.4 Å². The van der Waals surface area contributed by atoms with Gasteiger partial charge in [0.15, 0.2) is 0 Å². The van der Waals surface area contributed by atoms with Crippen molar-refractivity contribution in [2.75, 3.05) is 20.8 Å². The fourth-order valence-corrected chi connectivity index (χ4v) is 4.04. The molecule has 1 heterocycles. The zero-order valence-corrected chi connectivity index (χ0v) is 21.3. The van der Waals surface area contributed by atoms with Crippen LogP contribution in [0.5, 0.6) is 5.75 Å². The molecule has 3 rings (SSSR count). The van der Waals surface area contributed by atoms with Gasteiger partial charge in [-0.3, -0.25) is 9.69 Å². The maximum absolute atomic E-state index is 13.8. The molecule has 0 saturated heterocycles. The Morgan fingerprint density at radius 2 is 1.61 bits per heavy atom. The SMILES string of the molecule is CCOC(=O)C1=C(C)N=C(C)N(C(=O)/C(C)=C\c2ccc(C(=O)OC)cc2)C1c1ccc(OC)cc1. The van der Waals surface area contributed by atoms with E-state index in [1.807, 2.05) is 12.1 Å². The van der Waals surface area contributed by atoms with Crippen LogP contribution >= 0.6 is 0 Å². The Balaban J connectivity index is 2.04. The first-order valence-corrected chi connectivity index (χ1v) is 11.5. The second kappa shape index (κ2) is 11.5. The molecule has 0 spiro atoms. The smallest absolute Gasteiger partial charge is 0.338 e. The Morgan fingerprint density at radius 3 is 2.17 bits per heavy atom. The molecule has 188 valence electrons. The van der Waals surface area contributed by atoms with Gasteiger partial charge < -0.3 is 14.2 Å². The molecule has 0 radical (unpaired) electrons. The molecule has 8 nitrogen and oxygen atoms in total. The summed E-state index contributed by atoms with van der Waals surface area (Å²) in [5, 5.41) is 0. The highest BCUT2D eigenvalue weighted by Gasteiger charge is 2.39. The summed E-state index contributed by atoms with van der Waals surface area (Å²) in [6.07, 6.45) is 1.72. The van der Waals surface area contributed by atoms with Crippen molar-refractivity contribution in [3.05, 3.63) is 82.1 Å². The van der Waals surface area contributed by atoms with Gasteiger partial charge in [-0.15, -0.1) is 0 Å². The van der Waals surface area contributed by atoms with Crippen molar-refractivity contribution >= 4 is 29.8 Å². The van der Waals surface area contributed by atoms with Crippen LogP contribution in [0.3, 0.4) is 0 Å². The highest BCUT2D eigenvalue weighted by Crippen LogP contribution is 2.37. The number of carbonyl (C=O) groups is 3. The van der Waals surface area contributed by atoms with E-state index < -0.39 is 18.0 Å². The van der Waals surface area contributed by atoms with Gasteiger partial charge in [0.25, 0.3) is 5.91 Å². The standard InChI is InChI=1S/C28H30N2O6/c1-7-36-28(33)24-18(3)29-19(4)30(25(24)21-12-14-23(34-5)15-13-21)26(31)17(2)16-20-8-10-22(11-9-20)27(32)35-6/h8-16,25H,7H2,1-6H3/b17-16-. The van der Waals surface area contributed by atoms with Crippen molar-refractivity contribution in [2.45, 2.75) is 33.7 Å². The van der Waals surface area contributed by atoms with Crippen molar-refractivity contribution in [2.24, 2.45) is 4.99 Å². The number of aliphatic imine (C=N–C) groups is 1. The number of amides is 1. The number of carbonyl (C=O) groups excluding carboxylic acids is 3. The van der Waals surface area contributed by atoms with Crippen LogP contribution in [0, 0.1) is 0 Å². The van der Waals surface area contributed by atoms with Gasteiger partial charge in [-0.25, -0.2) is 14.6 Å². The van der Waals surface area contributed by atoms with Gasteiger partial charge in [-0.1, -0.05) is 24.3 Å². The van der Waals surface area contributed by atoms with Crippen molar-refractivity contribution in [3.8, 4) is 5.75 Å². The van der Waals surface area contributed by atoms with Gasteiger partial charge in [-0.05, 0) is 69.2 Å². The predicted octanol–water partition coefficient (Wildman–Crippen LogP) is 4.72. The lowest BCUT2D eigenvalue weighted by Crippen LogP contribution is -2.43. The van der Waals surface area contributed by atoms with Gasteiger partial charge in [0, 0.05) is 5.57 Å². The summed E-state index contributed by atoms with van der Waals surface area (Å²) in [5.41, 5.74) is 3.09. The minimum atomic E-state index is -0.731. The van der Waals surface area contributed by atoms with E-state index >= 15 is 0 Å². The summed E-state index contributed by atoms with van der Waals surface area (Å²) in [7, 11) is 2.89. The zero-order valence-electron chi connectivity index (χ0n) is 21.3. The highest BCUT2D eigenvalue weighted by molar-refractivity contribution is 6.10. The number of methoxy groups -OCH3 is 2. The number of nitrogens with zero attached hydrogens (tertiary/aromatic N) is 2. The average Bonchev–Trinajstić information content (AvgIpc) is 2.88. The van der Waals surface area contributed by atoms with Crippen LogP contribution in [0.25, 0.3) is 6.08 Å². The molecule has 0 bridgehead atoms. The topological polar surface area (TPSA) is 94.5 Å². The number of hydrogen-bond acceptors (Lipinski definition) is 7. The predicted molar refractivity (Wildman–Crippen MR) is 136 cm³/mol. The van der Waals surface area contributed by atoms with Crippen LogP contribution in [0.15, 0.2) is 70.4 Å².